The van der Waals surface area contributed by atoms with E-state index in [2.05, 4.69) is 11.8 Å². The molecule has 0 unspecified atom stereocenters. The maximum Gasteiger partial charge on any atom is 0.416 e. The van der Waals surface area contributed by atoms with Crippen molar-refractivity contribution in [1.82, 2.24) is 4.90 Å². The Hall–Kier alpha value is -2.90. The van der Waals surface area contributed by atoms with Gasteiger partial charge in [-0.15, -0.1) is 0 Å². The molecule has 1 aliphatic heterocycles. The highest BCUT2D eigenvalue weighted by molar-refractivity contribution is 6.01. The normalized spacial score (nSPS) is 15.8. The Balaban J connectivity index is 1.40. The molecule has 0 aromatic heterocycles. The zero-order chi connectivity index (χ0) is 24.3. The van der Waals surface area contributed by atoms with Gasteiger partial charge in [-0.05, 0) is 66.1 Å². The number of halogens is 3. The number of fused-ring (bicyclic) bond motifs is 1. The number of nitrogens with zero attached hydrogens (tertiary/aromatic N) is 1. The SMILES string of the molecule is C[C@H](CCC(=O)c1ccc2c(Oc3ccc(C(F)(F)F)cc3)cccc2c1)C1CN(CCO)C1. The number of β-amino-alcohol motifs (C(OH)–C–C–N with tert-alkyl or cyclic N) is 1. The van der Waals surface area contributed by atoms with Crippen LogP contribution in [0.3, 0.4) is 0 Å². The average Bonchev–Trinajstić information content (AvgIpc) is 2.79. The van der Waals surface area contributed by atoms with Crippen LogP contribution >= 0.6 is 0 Å². The molecule has 4 rings (SSSR count). The molecule has 1 saturated heterocycles. The number of aliphatic hydroxyl groups excluding tert-OH is 1. The summed E-state index contributed by atoms with van der Waals surface area (Å²) in [7, 11) is 0. The molecule has 0 saturated carbocycles. The number of rotatable bonds is 9. The fraction of sp³-hybridized carbons (Fsp3) is 0.370. The van der Waals surface area contributed by atoms with Crippen LogP contribution in [0.4, 0.5) is 13.2 Å². The topological polar surface area (TPSA) is 49.8 Å². The Morgan fingerprint density at radius 1 is 1.12 bits per heavy atom. The summed E-state index contributed by atoms with van der Waals surface area (Å²) in [6.45, 7) is 5.03. The smallest absolute Gasteiger partial charge is 0.416 e. The van der Waals surface area contributed by atoms with E-state index in [0.717, 1.165) is 42.4 Å². The fourth-order valence-corrected chi connectivity index (χ4v) is 4.39. The van der Waals surface area contributed by atoms with Crippen molar-refractivity contribution in [2.45, 2.75) is 25.9 Å². The predicted molar refractivity (Wildman–Crippen MR) is 125 cm³/mol. The van der Waals surface area contributed by atoms with E-state index in [1.54, 1.807) is 18.2 Å². The second-order valence-corrected chi connectivity index (χ2v) is 9.00. The van der Waals surface area contributed by atoms with Crippen LogP contribution in [-0.4, -0.2) is 42.0 Å². The van der Waals surface area contributed by atoms with Gasteiger partial charge >= 0.3 is 6.18 Å². The predicted octanol–water partition coefficient (Wildman–Crippen LogP) is 6.17. The van der Waals surface area contributed by atoms with Crippen molar-refractivity contribution in [2.24, 2.45) is 11.8 Å². The van der Waals surface area contributed by atoms with Crippen molar-refractivity contribution in [3.05, 3.63) is 71.8 Å². The highest BCUT2D eigenvalue weighted by Gasteiger charge is 2.31. The molecule has 180 valence electrons. The van der Waals surface area contributed by atoms with Gasteiger partial charge in [0.05, 0.1) is 12.2 Å². The molecule has 1 N–H and O–H groups in total. The van der Waals surface area contributed by atoms with Gasteiger partial charge in [0.1, 0.15) is 11.5 Å². The molecule has 0 spiro atoms. The minimum absolute atomic E-state index is 0.0920. The molecule has 0 amide bonds. The largest absolute Gasteiger partial charge is 0.457 e. The Bertz CT molecular complexity index is 1140. The highest BCUT2D eigenvalue weighted by Crippen LogP contribution is 2.34. The summed E-state index contributed by atoms with van der Waals surface area (Å²) >= 11 is 0. The Kier molecular flexibility index (Phi) is 7.24. The second kappa shape index (κ2) is 10.2. The van der Waals surface area contributed by atoms with E-state index in [4.69, 9.17) is 9.84 Å². The van der Waals surface area contributed by atoms with Gasteiger partial charge in [-0.3, -0.25) is 4.79 Å². The van der Waals surface area contributed by atoms with E-state index in [9.17, 15) is 18.0 Å². The number of alkyl halides is 3. The van der Waals surface area contributed by atoms with Gasteiger partial charge in [-0.1, -0.05) is 25.1 Å². The van der Waals surface area contributed by atoms with Gasteiger partial charge < -0.3 is 14.7 Å². The molecule has 4 nitrogen and oxygen atoms in total. The maximum absolute atomic E-state index is 12.8. The molecule has 34 heavy (non-hydrogen) atoms. The van der Waals surface area contributed by atoms with E-state index in [1.807, 2.05) is 18.2 Å². The fourth-order valence-electron chi connectivity index (χ4n) is 4.39. The third kappa shape index (κ3) is 5.59. The van der Waals surface area contributed by atoms with Crippen LogP contribution in [0.25, 0.3) is 10.8 Å². The minimum Gasteiger partial charge on any atom is -0.457 e. The first kappa shape index (κ1) is 24.2. The Morgan fingerprint density at radius 2 is 1.85 bits per heavy atom. The van der Waals surface area contributed by atoms with Gasteiger partial charge in [0, 0.05) is 37.0 Å². The number of likely N-dealkylation sites (tertiary alicyclic amines) is 1. The number of ether oxygens (including phenoxy) is 1. The summed E-state index contributed by atoms with van der Waals surface area (Å²) in [6.07, 6.45) is -3.09. The van der Waals surface area contributed by atoms with Crippen molar-refractivity contribution in [1.29, 1.82) is 0 Å². The molecule has 0 bridgehead atoms. The number of hydrogen-bond acceptors (Lipinski definition) is 4. The average molecular weight is 472 g/mol. The number of hydrogen-bond donors (Lipinski definition) is 1. The first-order valence-electron chi connectivity index (χ1n) is 11.5. The molecule has 1 heterocycles. The lowest BCUT2D eigenvalue weighted by Crippen LogP contribution is -2.50. The molecule has 3 aromatic carbocycles. The summed E-state index contributed by atoms with van der Waals surface area (Å²) < 4.78 is 44.2. The number of Topliss-reactive ketones (excluding diaryl/α,β-unsaturated/α-hetero) is 1. The first-order valence-corrected chi connectivity index (χ1v) is 11.5. The highest BCUT2D eigenvalue weighted by atomic mass is 19.4. The molecule has 0 radical (unpaired) electrons. The summed E-state index contributed by atoms with van der Waals surface area (Å²) in [5.74, 6) is 1.93. The van der Waals surface area contributed by atoms with Crippen LogP contribution in [0.2, 0.25) is 0 Å². The zero-order valence-corrected chi connectivity index (χ0v) is 19.0. The number of ketones is 1. The van der Waals surface area contributed by atoms with E-state index >= 15 is 0 Å². The van der Waals surface area contributed by atoms with Gasteiger partial charge in [0.15, 0.2) is 5.78 Å². The zero-order valence-electron chi connectivity index (χ0n) is 19.0. The van der Waals surface area contributed by atoms with Crippen LogP contribution in [0.15, 0.2) is 60.7 Å². The van der Waals surface area contributed by atoms with E-state index in [1.165, 1.54) is 12.1 Å². The van der Waals surface area contributed by atoms with Crippen molar-refractivity contribution in [3.63, 3.8) is 0 Å². The monoisotopic (exact) mass is 471 g/mol. The summed E-state index contributed by atoms with van der Waals surface area (Å²) in [5.41, 5.74) is -0.0862. The van der Waals surface area contributed by atoms with Crippen molar-refractivity contribution in [2.75, 3.05) is 26.2 Å². The van der Waals surface area contributed by atoms with E-state index < -0.39 is 11.7 Å². The summed E-state index contributed by atoms with van der Waals surface area (Å²) in [5, 5.41) is 10.6. The molecular formula is C27H28F3NO3. The number of benzene rings is 3. The Morgan fingerprint density at radius 3 is 2.53 bits per heavy atom. The molecule has 1 fully saturated rings. The number of carbonyl (C=O) groups excluding carboxylic acids is 1. The van der Waals surface area contributed by atoms with Gasteiger partial charge in [-0.2, -0.15) is 13.2 Å². The van der Waals surface area contributed by atoms with E-state index in [0.29, 0.717) is 41.9 Å². The van der Waals surface area contributed by atoms with Gasteiger partial charge in [-0.25, -0.2) is 0 Å². The molecule has 0 aliphatic carbocycles. The van der Waals surface area contributed by atoms with Crippen LogP contribution < -0.4 is 4.74 Å². The van der Waals surface area contributed by atoms with Crippen LogP contribution in [-0.2, 0) is 6.18 Å². The molecule has 1 aliphatic rings. The van der Waals surface area contributed by atoms with Gasteiger partial charge in [0.2, 0.25) is 0 Å². The first-order chi connectivity index (χ1) is 16.2. The summed E-state index contributed by atoms with van der Waals surface area (Å²) in [4.78, 5) is 15.0. The molecule has 1 atom stereocenters. The lowest BCUT2D eigenvalue weighted by Gasteiger charge is -2.42. The number of carbonyl (C=O) groups is 1. The third-order valence-electron chi connectivity index (χ3n) is 6.60. The van der Waals surface area contributed by atoms with Crippen LogP contribution in [0.5, 0.6) is 11.5 Å². The summed E-state index contributed by atoms with van der Waals surface area (Å²) in [6, 6.07) is 15.5. The van der Waals surface area contributed by atoms with Gasteiger partial charge in [0.25, 0.3) is 0 Å². The van der Waals surface area contributed by atoms with Crippen molar-refractivity contribution < 1.29 is 27.8 Å². The molecule has 7 heteroatoms. The lowest BCUT2D eigenvalue weighted by atomic mass is 9.83. The van der Waals surface area contributed by atoms with Crippen molar-refractivity contribution >= 4 is 16.6 Å². The van der Waals surface area contributed by atoms with Crippen LogP contribution in [0, 0.1) is 11.8 Å². The standard InChI is InChI=1S/C27H28F3NO3/c1-18(21-16-31(17-21)13-14-32)5-12-25(33)20-6-11-24-19(15-20)3-2-4-26(24)34-23-9-7-22(8-10-23)27(28,29)30/h2-4,6-11,15,18,21,32H,5,12-14,16-17H2,1H3/t18-/m1/s1. The molecule has 3 aromatic rings. The minimum atomic E-state index is -4.39. The maximum atomic E-state index is 12.8. The lowest BCUT2D eigenvalue weighted by molar-refractivity contribution is -0.137. The van der Waals surface area contributed by atoms with Crippen LogP contribution in [0.1, 0.15) is 35.7 Å². The van der Waals surface area contributed by atoms with E-state index in [-0.39, 0.29) is 12.4 Å². The quantitative estimate of drug-likeness (QED) is 0.379. The molecular weight excluding hydrogens is 443 g/mol. The second-order valence-electron chi connectivity index (χ2n) is 9.00. The number of aliphatic hydroxyl groups is 1. The third-order valence-corrected chi connectivity index (χ3v) is 6.60. The van der Waals surface area contributed by atoms with Crippen molar-refractivity contribution in [3.8, 4) is 11.5 Å². The Labute approximate surface area is 197 Å².